The van der Waals surface area contributed by atoms with E-state index in [1.807, 2.05) is 30.3 Å². The standard InChI is InChI=1S/C23H27N3O4.C2HF3O2/c1-2-18(13-22(28)29)25-23(30)20-15-26(14-17-5-3-4-6-19(17)20)21(27)8-7-16-9-11-24-12-10-16;3-2(4,5)1(6)7/h1,3-8,16,18,20,24H,9-15H2,(H,25,30)(H,28,29);(H,6,7)/b8-7+;/t18-,20?;/m1./s1. The largest absolute Gasteiger partial charge is 0.490 e. The monoisotopic (exact) mass is 523 g/mol. The van der Waals surface area contributed by atoms with E-state index in [4.69, 9.17) is 21.4 Å². The molecule has 1 unspecified atom stereocenters. The minimum absolute atomic E-state index is 0.125. The van der Waals surface area contributed by atoms with Crippen molar-refractivity contribution in [3.05, 3.63) is 47.5 Å². The van der Waals surface area contributed by atoms with Gasteiger partial charge in [0.05, 0.1) is 12.3 Å². The predicted molar refractivity (Wildman–Crippen MR) is 126 cm³/mol. The van der Waals surface area contributed by atoms with E-state index in [1.165, 1.54) is 0 Å². The molecule has 1 aromatic rings. The van der Waals surface area contributed by atoms with E-state index in [1.54, 1.807) is 11.0 Å². The molecular weight excluding hydrogens is 495 g/mol. The lowest BCUT2D eigenvalue weighted by molar-refractivity contribution is -0.192. The number of rotatable bonds is 6. The van der Waals surface area contributed by atoms with Gasteiger partial charge in [-0.1, -0.05) is 36.3 Å². The van der Waals surface area contributed by atoms with Crippen LogP contribution in [0.15, 0.2) is 36.4 Å². The second-order valence-electron chi connectivity index (χ2n) is 8.55. The van der Waals surface area contributed by atoms with Gasteiger partial charge in [-0.25, -0.2) is 4.79 Å². The van der Waals surface area contributed by atoms with E-state index < -0.39 is 30.1 Å². The summed E-state index contributed by atoms with van der Waals surface area (Å²) in [6.07, 6.45) is 5.55. The van der Waals surface area contributed by atoms with Crippen LogP contribution in [0.3, 0.4) is 0 Å². The van der Waals surface area contributed by atoms with E-state index in [2.05, 4.69) is 16.6 Å². The molecule has 0 saturated carbocycles. The van der Waals surface area contributed by atoms with Crippen LogP contribution in [0.5, 0.6) is 0 Å². The number of carbonyl (C=O) groups is 4. The fourth-order valence-corrected chi connectivity index (χ4v) is 3.96. The first-order valence-corrected chi connectivity index (χ1v) is 11.5. The van der Waals surface area contributed by atoms with Crippen LogP contribution in [-0.2, 0) is 25.7 Å². The van der Waals surface area contributed by atoms with Crippen LogP contribution in [0.1, 0.15) is 36.3 Å². The van der Waals surface area contributed by atoms with Gasteiger partial charge in [0.15, 0.2) is 0 Å². The smallest absolute Gasteiger partial charge is 0.481 e. The number of nitrogens with one attached hydrogen (secondary N) is 2. The Labute approximate surface area is 211 Å². The van der Waals surface area contributed by atoms with Crippen molar-refractivity contribution in [2.24, 2.45) is 5.92 Å². The van der Waals surface area contributed by atoms with Crippen molar-refractivity contribution in [1.82, 2.24) is 15.5 Å². The quantitative estimate of drug-likeness (QED) is 0.330. The number of aliphatic carboxylic acids is 2. The zero-order chi connectivity index (χ0) is 27.6. The van der Waals surface area contributed by atoms with Gasteiger partial charge in [-0.2, -0.15) is 13.2 Å². The van der Waals surface area contributed by atoms with Crippen molar-refractivity contribution in [2.45, 2.75) is 43.9 Å². The number of hydrogen-bond donors (Lipinski definition) is 4. The number of carbonyl (C=O) groups excluding carboxylic acids is 2. The number of allylic oxidation sites excluding steroid dienone is 1. The molecule has 1 saturated heterocycles. The number of alkyl halides is 3. The van der Waals surface area contributed by atoms with Crippen LogP contribution >= 0.6 is 0 Å². The van der Waals surface area contributed by atoms with E-state index in [9.17, 15) is 27.6 Å². The Hall–Kier alpha value is -3.85. The molecule has 1 aromatic carbocycles. The number of terminal acetylenes is 1. The van der Waals surface area contributed by atoms with Crippen molar-refractivity contribution in [3.63, 3.8) is 0 Å². The molecule has 2 amide bonds. The van der Waals surface area contributed by atoms with Gasteiger partial charge in [-0.15, -0.1) is 6.42 Å². The molecule has 0 aliphatic carbocycles. The summed E-state index contributed by atoms with van der Waals surface area (Å²) in [5.41, 5.74) is 1.75. The molecule has 0 radical (unpaired) electrons. The molecule has 0 bridgehead atoms. The third-order valence-electron chi connectivity index (χ3n) is 5.86. The maximum atomic E-state index is 12.9. The molecule has 2 atom stereocenters. The molecule has 0 spiro atoms. The molecule has 2 heterocycles. The van der Waals surface area contributed by atoms with Crippen LogP contribution in [0.2, 0.25) is 0 Å². The Morgan fingerprint density at radius 3 is 2.38 bits per heavy atom. The summed E-state index contributed by atoms with van der Waals surface area (Å²) in [5, 5.41) is 22.0. The maximum absolute atomic E-state index is 12.9. The molecule has 4 N–H and O–H groups in total. The lowest BCUT2D eigenvalue weighted by atomic mass is 9.88. The molecule has 200 valence electrons. The van der Waals surface area contributed by atoms with Gasteiger partial charge >= 0.3 is 18.1 Å². The van der Waals surface area contributed by atoms with E-state index in [-0.39, 0.29) is 24.8 Å². The highest BCUT2D eigenvalue weighted by molar-refractivity contribution is 5.90. The topological polar surface area (TPSA) is 136 Å². The van der Waals surface area contributed by atoms with Crippen LogP contribution in [0.4, 0.5) is 13.2 Å². The van der Waals surface area contributed by atoms with E-state index >= 15 is 0 Å². The molecule has 3 rings (SSSR count). The Morgan fingerprint density at radius 2 is 1.81 bits per heavy atom. The van der Waals surface area contributed by atoms with Crippen molar-refractivity contribution in [1.29, 1.82) is 0 Å². The minimum atomic E-state index is -5.08. The average Bonchev–Trinajstić information content (AvgIpc) is 2.86. The molecule has 1 fully saturated rings. The summed E-state index contributed by atoms with van der Waals surface area (Å²) in [7, 11) is 0. The molecule has 37 heavy (non-hydrogen) atoms. The van der Waals surface area contributed by atoms with Gasteiger partial charge in [0.2, 0.25) is 11.8 Å². The number of fused-ring (bicyclic) bond motifs is 1. The number of halogens is 3. The lowest BCUT2D eigenvalue weighted by Crippen LogP contribution is -2.46. The molecule has 12 heteroatoms. The number of carboxylic acid groups (broad SMARTS) is 2. The number of benzene rings is 1. The van der Waals surface area contributed by atoms with Crippen molar-refractivity contribution < 1.29 is 42.6 Å². The lowest BCUT2D eigenvalue weighted by Gasteiger charge is -2.34. The van der Waals surface area contributed by atoms with Crippen LogP contribution in [-0.4, -0.2) is 70.7 Å². The normalized spacial score (nSPS) is 18.5. The number of piperidine rings is 1. The first-order chi connectivity index (χ1) is 17.4. The Morgan fingerprint density at radius 1 is 1.19 bits per heavy atom. The van der Waals surface area contributed by atoms with E-state index in [0.29, 0.717) is 12.5 Å². The van der Waals surface area contributed by atoms with Gasteiger partial charge in [-0.05, 0) is 49.1 Å². The molecule has 0 aromatic heterocycles. The maximum Gasteiger partial charge on any atom is 0.490 e. The van der Waals surface area contributed by atoms with Crippen LogP contribution < -0.4 is 10.6 Å². The second kappa shape index (κ2) is 13.5. The molecule has 2 aliphatic heterocycles. The Bertz CT molecular complexity index is 1060. The van der Waals surface area contributed by atoms with Crippen LogP contribution in [0.25, 0.3) is 0 Å². The highest BCUT2D eigenvalue weighted by Gasteiger charge is 2.38. The number of nitrogens with zero attached hydrogens (tertiary/aromatic N) is 1. The number of hydrogen-bond acceptors (Lipinski definition) is 5. The molecule has 9 nitrogen and oxygen atoms in total. The number of amides is 2. The predicted octanol–water partition coefficient (Wildman–Crippen LogP) is 1.89. The summed E-state index contributed by atoms with van der Waals surface area (Å²) in [4.78, 5) is 47.3. The van der Waals surface area contributed by atoms with Crippen molar-refractivity contribution >= 4 is 23.8 Å². The minimum Gasteiger partial charge on any atom is -0.481 e. The summed E-state index contributed by atoms with van der Waals surface area (Å²) in [6, 6.07) is 6.61. The summed E-state index contributed by atoms with van der Waals surface area (Å²) in [5.74, 6) is -2.24. The fourth-order valence-electron chi connectivity index (χ4n) is 3.96. The van der Waals surface area contributed by atoms with Gasteiger partial charge < -0.3 is 25.7 Å². The third kappa shape index (κ3) is 9.27. The Balaban J connectivity index is 0.000000604. The Kier molecular flexibility index (Phi) is 10.7. The van der Waals surface area contributed by atoms with Crippen LogP contribution in [0, 0.1) is 18.3 Å². The van der Waals surface area contributed by atoms with Gasteiger partial charge in [0, 0.05) is 13.1 Å². The van der Waals surface area contributed by atoms with Crippen molar-refractivity contribution in [2.75, 3.05) is 19.6 Å². The summed E-state index contributed by atoms with van der Waals surface area (Å²) in [6.45, 7) is 2.57. The zero-order valence-electron chi connectivity index (χ0n) is 19.8. The third-order valence-corrected chi connectivity index (χ3v) is 5.86. The zero-order valence-corrected chi connectivity index (χ0v) is 19.8. The summed E-state index contributed by atoms with van der Waals surface area (Å²) < 4.78 is 31.7. The first kappa shape index (κ1) is 29.4. The number of carboxylic acids is 2. The molecular formula is C25H28F3N3O6. The molecule has 2 aliphatic rings. The van der Waals surface area contributed by atoms with Gasteiger partial charge in [0.1, 0.15) is 6.04 Å². The highest BCUT2D eigenvalue weighted by Crippen LogP contribution is 2.29. The van der Waals surface area contributed by atoms with Gasteiger partial charge in [0.25, 0.3) is 0 Å². The fraction of sp³-hybridized carbons (Fsp3) is 0.440. The summed E-state index contributed by atoms with van der Waals surface area (Å²) >= 11 is 0. The highest BCUT2D eigenvalue weighted by atomic mass is 19.4. The van der Waals surface area contributed by atoms with E-state index in [0.717, 1.165) is 37.1 Å². The second-order valence-corrected chi connectivity index (χ2v) is 8.55. The van der Waals surface area contributed by atoms with Gasteiger partial charge in [-0.3, -0.25) is 14.4 Å². The first-order valence-electron chi connectivity index (χ1n) is 11.5. The SMILES string of the molecule is C#C[C@H](CC(=O)O)NC(=O)C1CN(C(=O)/C=C/C2CCNCC2)Cc2ccccc21.O=C(O)C(F)(F)F. The average molecular weight is 524 g/mol. The van der Waals surface area contributed by atoms with Crippen molar-refractivity contribution in [3.8, 4) is 12.3 Å².